The van der Waals surface area contributed by atoms with Crippen molar-refractivity contribution >= 4 is 22.1 Å². The molecule has 1 aromatic rings. The van der Waals surface area contributed by atoms with Crippen LogP contribution in [0.4, 0.5) is 4.79 Å². The van der Waals surface area contributed by atoms with Gasteiger partial charge in [0.1, 0.15) is 16.7 Å². The highest BCUT2D eigenvalue weighted by Gasteiger charge is 2.38. The molecule has 1 heterocycles. The van der Waals surface area contributed by atoms with Crippen LogP contribution in [0.1, 0.15) is 58.4 Å². The normalized spacial score (nSPS) is 24.5. The van der Waals surface area contributed by atoms with Gasteiger partial charge in [-0.1, -0.05) is 44.4 Å². The zero-order chi connectivity index (χ0) is 24.9. The minimum absolute atomic E-state index is 0.0762. The van der Waals surface area contributed by atoms with E-state index in [1.807, 2.05) is 26.0 Å². The average Bonchev–Trinajstić information content (AvgIpc) is 2.81. The third-order valence-corrected chi connectivity index (χ3v) is 8.80. The van der Waals surface area contributed by atoms with E-state index < -0.39 is 22.2 Å². The molecule has 0 aromatic heterocycles. The number of rotatable bonds is 6. The number of amides is 2. The first-order valence-corrected chi connectivity index (χ1v) is 13.7. The molecule has 1 aromatic carbocycles. The number of fused-ring (bicyclic) bond motifs is 1. The highest BCUT2D eigenvalue weighted by atomic mass is 32.2. The van der Waals surface area contributed by atoms with Crippen molar-refractivity contribution in [2.75, 3.05) is 26.7 Å². The molecule has 2 amide bonds. The summed E-state index contributed by atoms with van der Waals surface area (Å²) < 4.78 is 34.7. The molecule has 190 valence electrons. The van der Waals surface area contributed by atoms with Gasteiger partial charge in [-0.3, -0.25) is 0 Å². The molecule has 0 unspecified atom stereocenters. The Balaban J connectivity index is 1.89. The molecule has 34 heavy (non-hydrogen) atoms. The summed E-state index contributed by atoms with van der Waals surface area (Å²) in [5, 5.41) is 12.9. The number of hydrogen-bond acceptors (Lipinski definition) is 5. The molecule has 3 rings (SSSR count). The fraction of sp³-hybridized carbons (Fsp3) is 0.640. The Kier molecular flexibility index (Phi) is 9.01. The molecule has 1 aliphatic heterocycles. The third kappa shape index (κ3) is 6.12. The van der Waals surface area contributed by atoms with Crippen LogP contribution in [0.25, 0.3) is 6.08 Å². The summed E-state index contributed by atoms with van der Waals surface area (Å²) in [4.78, 5) is 14.6. The van der Waals surface area contributed by atoms with E-state index in [4.69, 9.17) is 4.74 Å². The van der Waals surface area contributed by atoms with Gasteiger partial charge in [-0.15, -0.1) is 0 Å². The second-order valence-corrected chi connectivity index (χ2v) is 11.5. The predicted molar refractivity (Wildman–Crippen MR) is 133 cm³/mol. The number of allylic oxidation sites excluding steroid dienone is 1. The van der Waals surface area contributed by atoms with Gasteiger partial charge in [0.15, 0.2) is 0 Å². The summed E-state index contributed by atoms with van der Waals surface area (Å²) in [6, 6.07) is 4.51. The number of aliphatic hydroxyl groups is 1. The van der Waals surface area contributed by atoms with E-state index in [2.05, 4.69) is 5.32 Å². The molecule has 1 fully saturated rings. The molecule has 0 radical (unpaired) electrons. The van der Waals surface area contributed by atoms with Gasteiger partial charge < -0.3 is 20.1 Å². The Labute approximate surface area is 204 Å². The topological polar surface area (TPSA) is 99.2 Å². The van der Waals surface area contributed by atoms with Crippen molar-refractivity contribution in [1.82, 2.24) is 14.5 Å². The van der Waals surface area contributed by atoms with E-state index in [1.165, 1.54) is 10.7 Å². The number of urea groups is 1. The molecule has 3 atom stereocenters. The van der Waals surface area contributed by atoms with E-state index in [-0.39, 0.29) is 41.8 Å². The minimum atomic E-state index is -3.87. The van der Waals surface area contributed by atoms with Crippen molar-refractivity contribution in [3.8, 4) is 5.75 Å². The number of nitrogens with one attached hydrogen (secondary N) is 1. The minimum Gasteiger partial charge on any atom is -0.487 e. The lowest BCUT2D eigenvalue weighted by atomic mass is 9.96. The Morgan fingerprint density at radius 3 is 2.68 bits per heavy atom. The molecule has 0 saturated heterocycles. The molecule has 2 N–H and O–H groups in total. The number of benzene rings is 1. The summed E-state index contributed by atoms with van der Waals surface area (Å²) in [6.07, 6.45) is 8.83. The van der Waals surface area contributed by atoms with Crippen LogP contribution in [-0.4, -0.2) is 73.7 Å². The fourth-order valence-corrected chi connectivity index (χ4v) is 6.47. The first kappa shape index (κ1) is 26.5. The predicted octanol–water partition coefficient (Wildman–Crippen LogP) is 3.46. The van der Waals surface area contributed by atoms with Crippen LogP contribution in [0.2, 0.25) is 0 Å². The maximum absolute atomic E-state index is 13.5. The molecule has 1 saturated carbocycles. The van der Waals surface area contributed by atoms with E-state index in [0.717, 1.165) is 31.2 Å². The maximum Gasteiger partial charge on any atom is 0.317 e. The molecule has 8 nitrogen and oxygen atoms in total. The molecule has 0 spiro atoms. The van der Waals surface area contributed by atoms with Crippen molar-refractivity contribution in [2.24, 2.45) is 5.92 Å². The van der Waals surface area contributed by atoms with Gasteiger partial charge in [-0.2, -0.15) is 4.31 Å². The number of hydrogen-bond donors (Lipinski definition) is 2. The van der Waals surface area contributed by atoms with Crippen molar-refractivity contribution in [2.45, 2.75) is 76.0 Å². The Morgan fingerprint density at radius 1 is 1.32 bits per heavy atom. The van der Waals surface area contributed by atoms with E-state index in [1.54, 1.807) is 37.1 Å². The number of carbonyl (C=O) groups excluding carboxylic acids is 1. The van der Waals surface area contributed by atoms with Gasteiger partial charge >= 0.3 is 6.03 Å². The maximum atomic E-state index is 13.5. The summed E-state index contributed by atoms with van der Waals surface area (Å²) in [7, 11) is -2.13. The van der Waals surface area contributed by atoms with E-state index in [9.17, 15) is 18.3 Å². The standard InChI is InChI=1S/C25H39N3O5S/c1-5-9-20-12-13-24-22(14-20)33-23(18(2)15-28(19(3)17-29)34(24,31)32)16-27(4)25(30)26-21-10-7-6-8-11-21/h5,9,12-14,18-19,21,23,29H,6-8,10-11,15-17H2,1-4H3,(H,26,30)/b9-5+/t18-,19+,23-/m0/s1. The third-order valence-electron chi connectivity index (χ3n) is 6.78. The van der Waals surface area contributed by atoms with E-state index in [0.29, 0.717) is 6.54 Å². The van der Waals surface area contributed by atoms with Gasteiger partial charge in [0.25, 0.3) is 0 Å². The van der Waals surface area contributed by atoms with Crippen LogP contribution in [0.3, 0.4) is 0 Å². The number of likely N-dealkylation sites (N-methyl/N-ethyl adjacent to an activating group) is 1. The number of sulfonamides is 1. The van der Waals surface area contributed by atoms with Gasteiger partial charge in [0.05, 0.1) is 13.2 Å². The van der Waals surface area contributed by atoms with Gasteiger partial charge in [-0.05, 0) is 44.4 Å². The number of aliphatic hydroxyl groups excluding tert-OH is 1. The Hall–Kier alpha value is -2.10. The van der Waals surface area contributed by atoms with E-state index >= 15 is 0 Å². The smallest absolute Gasteiger partial charge is 0.317 e. The van der Waals surface area contributed by atoms with Crippen molar-refractivity contribution in [3.05, 3.63) is 29.8 Å². The van der Waals surface area contributed by atoms with Crippen LogP contribution in [0.5, 0.6) is 5.75 Å². The molecule has 9 heteroatoms. The molecule has 2 aliphatic rings. The summed E-state index contributed by atoms with van der Waals surface area (Å²) in [6.45, 7) is 5.72. The van der Waals surface area contributed by atoms with Crippen LogP contribution >= 0.6 is 0 Å². The van der Waals surface area contributed by atoms with Crippen LogP contribution in [0, 0.1) is 5.92 Å². The highest BCUT2D eigenvalue weighted by Crippen LogP contribution is 2.34. The van der Waals surface area contributed by atoms with Gasteiger partial charge in [0.2, 0.25) is 10.0 Å². The number of carbonyl (C=O) groups is 1. The van der Waals surface area contributed by atoms with Crippen molar-refractivity contribution in [3.63, 3.8) is 0 Å². The average molecular weight is 494 g/mol. The quantitative estimate of drug-likeness (QED) is 0.632. The van der Waals surface area contributed by atoms with Gasteiger partial charge in [0, 0.05) is 31.6 Å². The molecule has 1 aliphatic carbocycles. The SMILES string of the molecule is C/C=C/c1ccc2c(c1)O[C@@H](CN(C)C(=O)NC1CCCCC1)[C@@H](C)CN([C@H](C)CO)S2(=O)=O. The number of ether oxygens (including phenoxy) is 1. The van der Waals surface area contributed by atoms with Crippen molar-refractivity contribution in [1.29, 1.82) is 0 Å². The van der Waals surface area contributed by atoms with Crippen molar-refractivity contribution < 1.29 is 23.1 Å². The summed E-state index contributed by atoms with van der Waals surface area (Å²) in [5.74, 6) is 0.0515. The summed E-state index contributed by atoms with van der Waals surface area (Å²) >= 11 is 0. The molecular weight excluding hydrogens is 454 g/mol. The second kappa shape index (κ2) is 11.6. The molecule has 0 bridgehead atoms. The lowest BCUT2D eigenvalue weighted by molar-refractivity contribution is 0.0806. The fourth-order valence-electron chi connectivity index (χ4n) is 4.64. The Morgan fingerprint density at radius 2 is 2.03 bits per heavy atom. The van der Waals surface area contributed by atoms with Crippen LogP contribution < -0.4 is 10.1 Å². The first-order valence-electron chi connectivity index (χ1n) is 12.2. The zero-order valence-electron chi connectivity index (χ0n) is 20.7. The lowest BCUT2D eigenvalue weighted by Gasteiger charge is -2.37. The van der Waals surface area contributed by atoms with Crippen LogP contribution in [0.15, 0.2) is 29.2 Å². The Bertz CT molecular complexity index is 975. The monoisotopic (exact) mass is 493 g/mol. The highest BCUT2D eigenvalue weighted by molar-refractivity contribution is 7.89. The van der Waals surface area contributed by atoms with Crippen LogP contribution in [-0.2, 0) is 10.0 Å². The van der Waals surface area contributed by atoms with Gasteiger partial charge in [-0.25, -0.2) is 13.2 Å². The summed E-state index contributed by atoms with van der Waals surface area (Å²) in [5.41, 5.74) is 0.827. The largest absolute Gasteiger partial charge is 0.487 e. The zero-order valence-corrected chi connectivity index (χ0v) is 21.6. The molecular formula is C25H39N3O5S. The first-order chi connectivity index (χ1) is 16.2. The lowest BCUT2D eigenvalue weighted by Crippen LogP contribution is -2.52. The number of nitrogens with zero attached hydrogens (tertiary/aromatic N) is 2. The second-order valence-electron chi connectivity index (χ2n) is 9.61.